The van der Waals surface area contributed by atoms with Crippen LogP contribution < -0.4 is 5.69 Å². The monoisotopic (exact) mass is 353 g/mol. The highest BCUT2D eigenvalue weighted by molar-refractivity contribution is 5.85. The molecule has 6 heteroatoms. The van der Waals surface area contributed by atoms with Gasteiger partial charge in [-0.2, -0.15) is 5.26 Å². The van der Waals surface area contributed by atoms with Gasteiger partial charge in [-0.25, -0.2) is 13.6 Å². The minimum absolute atomic E-state index is 0.0539. The molecule has 3 aromatic rings. The highest BCUT2D eigenvalue weighted by atomic mass is 19.1. The molecule has 0 amide bonds. The van der Waals surface area contributed by atoms with Crippen LogP contribution in [-0.4, -0.2) is 9.13 Å². The van der Waals surface area contributed by atoms with Gasteiger partial charge in [0.15, 0.2) is 5.82 Å². The van der Waals surface area contributed by atoms with E-state index in [2.05, 4.69) is 6.92 Å². The minimum Gasteiger partial charge on any atom is -0.292 e. The van der Waals surface area contributed by atoms with Gasteiger partial charge in [0.05, 0.1) is 17.1 Å². The Labute approximate surface area is 148 Å². The fourth-order valence-electron chi connectivity index (χ4n) is 3.43. The first-order chi connectivity index (χ1) is 12.3. The van der Waals surface area contributed by atoms with E-state index in [1.165, 1.54) is 16.7 Å². The van der Waals surface area contributed by atoms with E-state index in [0.717, 1.165) is 18.9 Å². The molecule has 1 fully saturated rings. The van der Waals surface area contributed by atoms with E-state index in [1.807, 2.05) is 6.07 Å². The van der Waals surface area contributed by atoms with Crippen molar-refractivity contribution < 1.29 is 8.78 Å². The topological polar surface area (TPSA) is 50.7 Å². The van der Waals surface area contributed by atoms with Gasteiger partial charge in [-0.15, -0.1) is 0 Å². The summed E-state index contributed by atoms with van der Waals surface area (Å²) in [6.07, 6.45) is 2.11. The lowest BCUT2D eigenvalue weighted by molar-refractivity contribution is 0.460. The van der Waals surface area contributed by atoms with Gasteiger partial charge in [0.25, 0.3) is 0 Å². The summed E-state index contributed by atoms with van der Waals surface area (Å²) in [5.41, 5.74) is 1.11. The van der Waals surface area contributed by atoms with Crippen LogP contribution in [0.15, 0.2) is 35.1 Å². The second-order valence-corrected chi connectivity index (χ2v) is 7.33. The van der Waals surface area contributed by atoms with Gasteiger partial charge in [-0.3, -0.25) is 9.13 Å². The summed E-state index contributed by atoms with van der Waals surface area (Å²) in [7, 11) is 1.54. The quantitative estimate of drug-likeness (QED) is 0.716. The molecule has 0 atom stereocenters. The number of nitriles is 1. The number of aromatic nitrogens is 2. The summed E-state index contributed by atoms with van der Waals surface area (Å²) < 4.78 is 31.6. The first-order valence-electron chi connectivity index (χ1n) is 8.42. The molecule has 4 nitrogen and oxygen atoms in total. The van der Waals surface area contributed by atoms with Crippen molar-refractivity contribution in [3.8, 4) is 17.2 Å². The predicted molar refractivity (Wildman–Crippen MR) is 94.6 cm³/mol. The molecule has 0 radical (unpaired) electrons. The maximum absolute atomic E-state index is 15.3. The second kappa shape index (κ2) is 5.53. The zero-order valence-corrected chi connectivity index (χ0v) is 14.5. The molecule has 0 spiro atoms. The molecular weight excluding hydrogens is 336 g/mol. The third-order valence-electron chi connectivity index (χ3n) is 5.27. The summed E-state index contributed by atoms with van der Waals surface area (Å²) in [5.74, 6) is -1.13. The lowest BCUT2D eigenvalue weighted by Crippen LogP contribution is -2.25. The van der Waals surface area contributed by atoms with Crippen LogP contribution in [0.1, 0.15) is 25.3 Å². The molecule has 1 saturated carbocycles. The van der Waals surface area contributed by atoms with E-state index < -0.39 is 11.6 Å². The maximum atomic E-state index is 15.3. The summed E-state index contributed by atoms with van der Waals surface area (Å²) in [5, 5.41) is 9.25. The van der Waals surface area contributed by atoms with Crippen molar-refractivity contribution in [2.24, 2.45) is 12.5 Å². The zero-order chi connectivity index (χ0) is 18.6. The lowest BCUT2D eigenvalue weighted by Gasteiger charge is -2.10. The summed E-state index contributed by atoms with van der Waals surface area (Å²) >= 11 is 0. The van der Waals surface area contributed by atoms with Crippen molar-refractivity contribution >= 4 is 11.0 Å². The molecule has 2 aromatic carbocycles. The molecule has 0 saturated heterocycles. The normalized spacial score (nSPS) is 15.2. The fourth-order valence-corrected chi connectivity index (χ4v) is 3.43. The van der Waals surface area contributed by atoms with Crippen molar-refractivity contribution in [3.63, 3.8) is 0 Å². The van der Waals surface area contributed by atoms with E-state index in [4.69, 9.17) is 0 Å². The van der Waals surface area contributed by atoms with Crippen molar-refractivity contribution in [3.05, 3.63) is 58.0 Å². The average molecular weight is 353 g/mol. The first kappa shape index (κ1) is 16.5. The average Bonchev–Trinajstić information content (AvgIpc) is 3.30. The van der Waals surface area contributed by atoms with Crippen molar-refractivity contribution in [1.29, 1.82) is 5.26 Å². The Bertz CT molecular complexity index is 1150. The van der Waals surface area contributed by atoms with Gasteiger partial charge in [0.1, 0.15) is 11.3 Å². The number of fused-ring (bicyclic) bond motifs is 1. The highest BCUT2D eigenvalue weighted by Crippen LogP contribution is 2.46. The molecular formula is C20H17F2N3O. The molecule has 1 heterocycles. The van der Waals surface area contributed by atoms with Crippen molar-refractivity contribution in [2.75, 3.05) is 0 Å². The standard InChI is InChI=1S/C20H17F2N3O/c1-20(7-8-20)11-25-16-6-5-15(17(22)18(16)24(2)19(25)26)14-4-3-13(21)9-12(14)10-23/h3-6,9H,7-8,11H2,1-2H3. The van der Waals surface area contributed by atoms with Crippen LogP contribution in [-0.2, 0) is 13.6 Å². The number of aryl methyl sites for hydroxylation is 1. The zero-order valence-electron chi connectivity index (χ0n) is 14.5. The molecule has 0 unspecified atom stereocenters. The Morgan fingerprint density at radius 1 is 1.19 bits per heavy atom. The molecule has 1 aliphatic rings. The second-order valence-electron chi connectivity index (χ2n) is 7.33. The number of hydrogen-bond donors (Lipinski definition) is 0. The highest BCUT2D eigenvalue weighted by Gasteiger charge is 2.38. The molecule has 0 bridgehead atoms. The molecule has 1 aromatic heterocycles. The Morgan fingerprint density at radius 2 is 1.88 bits per heavy atom. The largest absolute Gasteiger partial charge is 0.328 e. The summed E-state index contributed by atoms with van der Waals surface area (Å²) in [6, 6.07) is 8.81. The fraction of sp³-hybridized carbons (Fsp3) is 0.300. The predicted octanol–water partition coefficient (Wildman–Crippen LogP) is 3.96. The Balaban J connectivity index is 1.96. The van der Waals surface area contributed by atoms with Crippen LogP contribution in [0, 0.1) is 28.4 Å². The van der Waals surface area contributed by atoms with Crippen LogP contribution in [0.2, 0.25) is 0 Å². The number of hydrogen-bond acceptors (Lipinski definition) is 2. The van der Waals surface area contributed by atoms with E-state index in [0.29, 0.717) is 17.6 Å². The molecule has 0 aliphatic heterocycles. The van der Waals surface area contributed by atoms with Crippen molar-refractivity contribution in [2.45, 2.75) is 26.3 Å². The van der Waals surface area contributed by atoms with Crippen LogP contribution in [0.25, 0.3) is 22.2 Å². The summed E-state index contributed by atoms with van der Waals surface area (Å²) in [6.45, 7) is 2.67. The van der Waals surface area contributed by atoms with Crippen LogP contribution >= 0.6 is 0 Å². The minimum atomic E-state index is -0.579. The third kappa shape index (κ3) is 2.43. The maximum Gasteiger partial charge on any atom is 0.328 e. The number of nitrogens with zero attached hydrogens (tertiary/aromatic N) is 3. The van der Waals surface area contributed by atoms with Gasteiger partial charge < -0.3 is 0 Å². The molecule has 0 N–H and O–H groups in total. The van der Waals surface area contributed by atoms with Crippen LogP contribution in [0.3, 0.4) is 0 Å². The van der Waals surface area contributed by atoms with Gasteiger partial charge in [-0.05, 0) is 42.5 Å². The number of halogens is 2. The smallest absolute Gasteiger partial charge is 0.292 e. The van der Waals surface area contributed by atoms with Gasteiger partial charge in [-0.1, -0.05) is 13.0 Å². The molecule has 132 valence electrons. The molecule has 4 rings (SSSR count). The van der Waals surface area contributed by atoms with Gasteiger partial charge >= 0.3 is 5.69 Å². The Hall–Kier alpha value is -2.94. The van der Waals surface area contributed by atoms with E-state index >= 15 is 4.39 Å². The van der Waals surface area contributed by atoms with Crippen LogP contribution in [0.4, 0.5) is 8.78 Å². The Kier molecular flexibility index (Phi) is 3.52. The first-order valence-corrected chi connectivity index (χ1v) is 8.42. The number of rotatable bonds is 3. The van der Waals surface area contributed by atoms with E-state index in [9.17, 15) is 14.4 Å². The van der Waals surface area contributed by atoms with E-state index in [-0.39, 0.29) is 27.7 Å². The van der Waals surface area contributed by atoms with Gasteiger partial charge in [0.2, 0.25) is 0 Å². The van der Waals surface area contributed by atoms with Crippen molar-refractivity contribution in [1.82, 2.24) is 9.13 Å². The van der Waals surface area contributed by atoms with Crippen LogP contribution in [0.5, 0.6) is 0 Å². The number of benzene rings is 2. The van der Waals surface area contributed by atoms with E-state index in [1.54, 1.807) is 23.7 Å². The van der Waals surface area contributed by atoms with Gasteiger partial charge in [0, 0.05) is 24.7 Å². The third-order valence-corrected chi connectivity index (χ3v) is 5.27. The SMILES string of the molecule is Cn1c(=O)n(CC2(C)CC2)c2ccc(-c3ccc(F)cc3C#N)c(F)c21. The number of imidazole rings is 1. The Morgan fingerprint density at radius 3 is 2.54 bits per heavy atom. The lowest BCUT2D eigenvalue weighted by atomic mass is 9.99. The summed E-state index contributed by atoms with van der Waals surface area (Å²) in [4.78, 5) is 12.6. The molecule has 26 heavy (non-hydrogen) atoms. The molecule has 1 aliphatic carbocycles.